The number of nitrogens with zero attached hydrogens (tertiary/aromatic N) is 1. The Morgan fingerprint density at radius 1 is 1.19 bits per heavy atom. The fourth-order valence-electron chi connectivity index (χ4n) is 2.73. The van der Waals surface area contributed by atoms with Gasteiger partial charge >= 0.3 is 12.0 Å². The van der Waals surface area contributed by atoms with Crippen molar-refractivity contribution in [3.05, 3.63) is 61.7 Å². The van der Waals surface area contributed by atoms with Crippen LogP contribution in [0.25, 0.3) is 6.08 Å². The first-order valence-electron chi connectivity index (χ1n) is 8.70. The van der Waals surface area contributed by atoms with E-state index >= 15 is 0 Å². The minimum Gasteiger partial charge on any atom is -0.493 e. The van der Waals surface area contributed by atoms with Crippen molar-refractivity contribution in [2.45, 2.75) is 6.61 Å². The maximum Gasteiger partial charge on any atom is 0.329 e. The molecule has 3 rings (SSSR count). The van der Waals surface area contributed by atoms with E-state index in [2.05, 4.69) is 21.2 Å². The number of urea groups is 1. The van der Waals surface area contributed by atoms with Crippen LogP contribution in [-0.4, -0.2) is 41.6 Å². The lowest BCUT2D eigenvalue weighted by Crippen LogP contribution is -2.35. The van der Waals surface area contributed by atoms with Crippen LogP contribution >= 0.6 is 39.1 Å². The topological polar surface area (TPSA) is 105 Å². The molecule has 11 heteroatoms. The second kappa shape index (κ2) is 9.59. The summed E-state index contributed by atoms with van der Waals surface area (Å²) < 4.78 is 11.8. The van der Waals surface area contributed by atoms with E-state index in [-0.39, 0.29) is 12.3 Å². The number of carbonyl (C=O) groups excluding carboxylic acids is 2. The maximum atomic E-state index is 12.3. The highest BCUT2D eigenvalue weighted by molar-refractivity contribution is 9.10. The second-order valence-electron chi connectivity index (χ2n) is 6.33. The summed E-state index contributed by atoms with van der Waals surface area (Å²) in [4.78, 5) is 35.6. The molecule has 1 aliphatic rings. The predicted molar refractivity (Wildman–Crippen MR) is 117 cm³/mol. The molecule has 0 spiro atoms. The Balaban J connectivity index is 1.83. The molecule has 0 aromatic heterocycles. The number of hydrogen-bond donors (Lipinski definition) is 2. The van der Waals surface area contributed by atoms with Crippen LogP contribution in [0.1, 0.15) is 11.1 Å². The van der Waals surface area contributed by atoms with E-state index in [9.17, 15) is 14.4 Å². The molecule has 1 saturated heterocycles. The van der Waals surface area contributed by atoms with Gasteiger partial charge in [0.1, 0.15) is 18.8 Å². The van der Waals surface area contributed by atoms with Gasteiger partial charge in [-0.1, -0.05) is 45.2 Å². The number of imide groups is 1. The number of benzene rings is 2. The fraction of sp³-hybridized carbons (Fsp3) is 0.150. The summed E-state index contributed by atoms with van der Waals surface area (Å²) in [5.41, 5.74) is 1.26. The average molecular weight is 530 g/mol. The van der Waals surface area contributed by atoms with Crippen LogP contribution in [0.4, 0.5) is 4.79 Å². The SMILES string of the molecule is COc1cc(/C=C2/NC(=O)N(CC(=O)O)C2=O)c(Br)cc1OCc1ccc(Cl)c(Cl)c1. The third-order valence-corrected chi connectivity index (χ3v) is 5.64. The van der Waals surface area contributed by atoms with Gasteiger partial charge in [0.25, 0.3) is 5.91 Å². The number of carboxylic acids is 1. The van der Waals surface area contributed by atoms with Gasteiger partial charge in [0.15, 0.2) is 11.5 Å². The molecule has 0 unspecified atom stereocenters. The van der Waals surface area contributed by atoms with Crippen molar-refractivity contribution < 1.29 is 29.0 Å². The van der Waals surface area contributed by atoms with Crippen LogP contribution in [0.3, 0.4) is 0 Å². The van der Waals surface area contributed by atoms with Gasteiger partial charge in [0.05, 0.1) is 17.2 Å². The van der Waals surface area contributed by atoms with Crippen LogP contribution in [0.5, 0.6) is 11.5 Å². The van der Waals surface area contributed by atoms with E-state index in [1.165, 1.54) is 13.2 Å². The first-order chi connectivity index (χ1) is 14.7. The van der Waals surface area contributed by atoms with Gasteiger partial charge in [0.2, 0.25) is 0 Å². The molecule has 1 heterocycles. The number of rotatable bonds is 7. The standard InChI is InChI=1S/C20H15BrCl2N2O6/c1-30-16-6-11(5-15-19(28)25(8-18(26)27)20(29)24-15)12(21)7-17(16)31-9-10-2-3-13(22)14(23)4-10/h2-7H,8-9H2,1H3,(H,24,29)(H,26,27)/b15-5+. The third kappa shape index (κ3) is 5.30. The number of aliphatic carboxylic acids is 1. The summed E-state index contributed by atoms with van der Waals surface area (Å²) in [6.45, 7) is -0.521. The summed E-state index contributed by atoms with van der Waals surface area (Å²) in [6.07, 6.45) is 1.41. The highest BCUT2D eigenvalue weighted by Gasteiger charge is 2.35. The van der Waals surface area contributed by atoms with Crippen LogP contribution in [0.2, 0.25) is 10.0 Å². The van der Waals surface area contributed by atoms with E-state index in [1.807, 2.05) is 0 Å². The first kappa shape index (κ1) is 22.9. The van der Waals surface area contributed by atoms with Crippen LogP contribution in [0.15, 0.2) is 40.5 Å². The Kier molecular flexibility index (Phi) is 7.09. The molecule has 31 heavy (non-hydrogen) atoms. The lowest BCUT2D eigenvalue weighted by atomic mass is 10.1. The molecule has 2 N–H and O–H groups in total. The Morgan fingerprint density at radius 2 is 1.94 bits per heavy atom. The number of carbonyl (C=O) groups is 3. The smallest absolute Gasteiger partial charge is 0.329 e. The molecular weight excluding hydrogens is 515 g/mol. The number of amides is 3. The summed E-state index contributed by atoms with van der Waals surface area (Å²) in [7, 11) is 1.46. The highest BCUT2D eigenvalue weighted by atomic mass is 79.9. The highest BCUT2D eigenvalue weighted by Crippen LogP contribution is 2.35. The third-order valence-electron chi connectivity index (χ3n) is 4.22. The molecular formula is C20H15BrCl2N2O6. The Hall–Kier alpha value is -2.75. The predicted octanol–water partition coefficient (Wildman–Crippen LogP) is 4.32. The Labute approximate surface area is 195 Å². The minimum atomic E-state index is -1.30. The van der Waals surface area contributed by atoms with Crippen molar-refractivity contribution in [2.24, 2.45) is 0 Å². The number of nitrogens with one attached hydrogen (secondary N) is 1. The van der Waals surface area contributed by atoms with Crippen molar-refractivity contribution >= 4 is 63.1 Å². The minimum absolute atomic E-state index is 0.0570. The quantitative estimate of drug-likeness (QED) is 0.409. The summed E-state index contributed by atoms with van der Waals surface area (Å²) in [5.74, 6) is -1.22. The largest absolute Gasteiger partial charge is 0.493 e. The summed E-state index contributed by atoms with van der Waals surface area (Å²) in [5, 5.41) is 12.1. The van der Waals surface area contributed by atoms with Gasteiger partial charge in [-0.25, -0.2) is 9.69 Å². The maximum absolute atomic E-state index is 12.3. The molecule has 2 aromatic carbocycles. The molecule has 0 bridgehead atoms. The molecule has 0 aliphatic carbocycles. The summed E-state index contributed by atoms with van der Waals surface area (Å²) in [6, 6.07) is 7.61. The number of halogens is 3. The molecule has 162 valence electrons. The zero-order chi connectivity index (χ0) is 22.7. The summed E-state index contributed by atoms with van der Waals surface area (Å²) >= 11 is 15.3. The van der Waals surface area contributed by atoms with Gasteiger partial charge in [-0.2, -0.15) is 0 Å². The van der Waals surface area contributed by atoms with E-state index in [1.54, 1.807) is 30.3 Å². The van der Waals surface area contributed by atoms with Crippen LogP contribution < -0.4 is 14.8 Å². The molecule has 3 amide bonds. The van der Waals surface area contributed by atoms with Gasteiger partial charge in [0, 0.05) is 4.47 Å². The Morgan fingerprint density at radius 3 is 2.58 bits per heavy atom. The van der Waals surface area contributed by atoms with E-state index in [4.69, 9.17) is 37.8 Å². The lowest BCUT2D eigenvalue weighted by Gasteiger charge is -2.13. The number of hydrogen-bond acceptors (Lipinski definition) is 5. The number of ether oxygens (including phenoxy) is 2. The van der Waals surface area contributed by atoms with Crippen LogP contribution in [-0.2, 0) is 16.2 Å². The number of methoxy groups -OCH3 is 1. The van der Waals surface area contributed by atoms with Gasteiger partial charge in [-0.3, -0.25) is 9.59 Å². The zero-order valence-electron chi connectivity index (χ0n) is 15.9. The fourth-order valence-corrected chi connectivity index (χ4v) is 3.49. The second-order valence-corrected chi connectivity index (χ2v) is 8.00. The van der Waals surface area contributed by atoms with Crippen molar-refractivity contribution in [1.82, 2.24) is 10.2 Å². The van der Waals surface area contributed by atoms with Crippen molar-refractivity contribution in [3.63, 3.8) is 0 Å². The molecule has 0 atom stereocenters. The van der Waals surface area contributed by atoms with Gasteiger partial charge in [-0.15, -0.1) is 0 Å². The molecule has 1 aliphatic heterocycles. The van der Waals surface area contributed by atoms with E-state index in [0.717, 1.165) is 5.56 Å². The van der Waals surface area contributed by atoms with Crippen molar-refractivity contribution in [2.75, 3.05) is 13.7 Å². The molecule has 2 aromatic rings. The molecule has 0 saturated carbocycles. The zero-order valence-corrected chi connectivity index (χ0v) is 19.0. The molecule has 8 nitrogen and oxygen atoms in total. The van der Waals surface area contributed by atoms with Crippen molar-refractivity contribution in [1.29, 1.82) is 0 Å². The van der Waals surface area contributed by atoms with Gasteiger partial charge in [-0.05, 0) is 41.5 Å². The Bertz CT molecular complexity index is 1110. The monoisotopic (exact) mass is 528 g/mol. The normalized spacial score (nSPS) is 14.7. The molecule has 0 radical (unpaired) electrons. The van der Waals surface area contributed by atoms with E-state index in [0.29, 0.717) is 36.5 Å². The van der Waals surface area contributed by atoms with E-state index < -0.39 is 24.5 Å². The first-order valence-corrected chi connectivity index (χ1v) is 10.2. The van der Waals surface area contributed by atoms with Crippen molar-refractivity contribution in [3.8, 4) is 11.5 Å². The number of carboxylic acid groups (broad SMARTS) is 1. The van der Waals surface area contributed by atoms with Crippen LogP contribution in [0, 0.1) is 0 Å². The lowest BCUT2D eigenvalue weighted by molar-refractivity contribution is -0.140. The average Bonchev–Trinajstić information content (AvgIpc) is 2.97. The van der Waals surface area contributed by atoms with Gasteiger partial charge < -0.3 is 19.9 Å². The molecule has 1 fully saturated rings.